The van der Waals surface area contributed by atoms with Gasteiger partial charge in [0.1, 0.15) is 11.2 Å². The van der Waals surface area contributed by atoms with Crippen LogP contribution in [0.3, 0.4) is 0 Å². The molecule has 12 nitrogen and oxygen atoms in total. The standard InChI is InChI=1S/C23H39N3O2.C17H27N3O2.C5H11Br.CO2/c1-6-7-8-9-12-24-21-17-19(2)10-11-20(21)18-25-13-15-26(16-14-25)22(27)28-23(3,4)5;1-13-5-6-14(15(18)11-13)12-19-7-9-20(10-8-19)16(21)22-17(2,3)4;1-5(2,3)4-6;2-1-3/h10-11,17,24H,6-9,12-16,18H2,1-5H3;5-6,11H,7-10,12,18H2,1-4H3;4H2,1-3H3;. The molecule has 334 valence electrons. The fraction of sp³-hybridized carbons (Fsp3) is 0.674. The number of nitrogens with one attached hydrogen (secondary N) is 1. The second-order valence-electron chi connectivity index (χ2n) is 18.6. The summed E-state index contributed by atoms with van der Waals surface area (Å²) in [6.45, 7) is 33.5. The molecule has 2 fully saturated rings. The number of nitrogens with two attached hydrogens (primary N) is 1. The monoisotopic (exact) mass is 889 g/mol. The number of anilines is 2. The van der Waals surface area contributed by atoms with Crippen LogP contribution >= 0.6 is 15.9 Å². The number of ether oxygens (including phenoxy) is 2. The third-order valence-electron chi connectivity index (χ3n) is 9.15. The third-order valence-corrected chi connectivity index (χ3v) is 10.8. The van der Waals surface area contributed by atoms with Gasteiger partial charge in [-0.3, -0.25) is 9.80 Å². The summed E-state index contributed by atoms with van der Waals surface area (Å²) < 4.78 is 10.9. The Morgan fingerprint density at radius 3 is 1.49 bits per heavy atom. The second kappa shape index (κ2) is 26.5. The molecule has 2 amide bonds. The normalized spacial score (nSPS) is 14.9. The Morgan fingerprint density at radius 2 is 1.10 bits per heavy atom. The van der Waals surface area contributed by atoms with E-state index in [-0.39, 0.29) is 18.3 Å². The van der Waals surface area contributed by atoms with Gasteiger partial charge in [0.05, 0.1) is 0 Å². The summed E-state index contributed by atoms with van der Waals surface area (Å²) >= 11 is 3.37. The number of carbonyl (C=O) groups is 2. The van der Waals surface area contributed by atoms with Crippen molar-refractivity contribution >= 4 is 45.6 Å². The topological polar surface area (TPSA) is 138 Å². The van der Waals surface area contributed by atoms with Gasteiger partial charge in [0.25, 0.3) is 0 Å². The summed E-state index contributed by atoms with van der Waals surface area (Å²) in [7, 11) is 0. The van der Waals surface area contributed by atoms with Crippen molar-refractivity contribution < 1.29 is 28.7 Å². The van der Waals surface area contributed by atoms with Crippen molar-refractivity contribution in [3.8, 4) is 0 Å². The maximum atomic E-state index is 12.2. The van der Waals surface area contributed by atoms with Crippen LogP contribution in [0.4, 0.5) is 21.0 Å². The number of hydrogen-bond acceptors (Lipinski definition) is 10. The van der Waals surface area contributed by atoms with Gasteiger partial charge >= 0.3 is 18.3 Å². The summed E-state index contributed by atoms with van der Waals surface area (Å²) in [5.74, 6) is 0. The van der Waals surface area contributed by atoms with E-state index in [1.54, 1.807) is 4.90 Å². The fourth-order valence-electron chi connectivity index (χ4n) is 5.94. The smallest absolute Gasteiger partial charge is 0.410 e. The SMILES string of the molecule is CC(C)(C)CBr.CCCCCCNc1cc(C)ccc1CN1CCN(C(=O)OC(C)(C)C)CC1.Cc1ccc(CN2CCN(C(=O)OC(C)(C)C)CC2)c(N)c1.O=C=O. The highest BCUT2D eigenvalue weighted by atomic mass is 79.9. The summed E-state index contributed by atoms with van der Waals surface area (Å²) in [5, 5.41) is 4.73. The first-order chi connectivity index (χ1) is 27.5. The van der Waals surface area contributed by atoms with Crippen molar-refractivity contribution in [3.63, 3.8) is 0 Å². The lowest BCUT2D eigenvalue weighted by molar-refractivity contribution is -0.191. The predicted molar refractivity (Wildman–Crippen MR) is 244 cm³/mol. The molecule has 59 heavy (non-hydrogen) atoms. The lowest BCUT2D eigenvalue weighted by Gasteiger charge is -2.35. The van der Waals surface area contributed by atoms with Crippen LogP contribution in [0.2, 0.25) is 0 Å². The zero-order chi connectivity index (χ0) is 44.8. The minimum atomic E-state index is -0.440. The van der Waals surface area contributed by atoms with Crippen LogP contribution < -0.4 is 11.1 Å². The molecule has 0 spiro atoms. The first kappa shape index (κ1) is 53.4. The van der Waals surface area contributed by atoms with E-state index in [0.717, 1.165) is 75.5 Å². The van der Waals surface area contributed by atoms with Gasteiger partial charge in [-0.1, -0.05) is 87.2 Å². The van der Waals surface area contributed by atoms with E-state index in [0.29, 0.717) is 18.5 Å². The molecule has 2 aliphatic rings. The Hall–Kier alpha value is -3.64. The molecule has 2 aromatic rings. The van der Waals surface area contributed by atoms with Gasteiger partial charge in [-0.2, -0.15) is 9.59 Å². The van der Waals surface area contributed by atoms with E-state index in [1.165, 1.54) is 48.1 Å². The number of carbonyl (C=O) groups excluding carboxylic acids is 4. The van der Waals surface area contributed by atoms with Crippen LogP contribution in [0.25, 0.3) is 0 Å². The maximum absolute atomic E-state index is 12.2. The highest BCUT2D eigenvalue weighted by Gasteiger charge is 2.27. The van der Waals surface area contributed by atoms with Crippen LogP contribution in [-0.2, 0) is 32.2 Å². The van der Waals surface area contributed by atoms with Crippen molar-refractivity contribution in [1.82, 2.24) is 19.6 Å². The highest BCUT2D eigenvalue weighted by Crippen LogP contribution is 2.22. The van der Waals surface area contributed by atoms with E-state index in [9.17, 15) is 9.59 Å². The molecule has 2 heterocycles. The Bertz CT molecular complexity index is 1560. The molecule has 0 saturated carbocycles. The first-order valence-corrected chi connectivity index (χ1v) is 22.3. The molecule has 0 atom stereocenters. The van der Waals surface area contributed by atoms with Crippen LogP contribution in [0.1, 0.15) is 117 Å². The lowest BCUT2D eigenvalue weighted by Crippen LogP contribution is -2.49. The van der Waals surface area contributed by atoms with E-state index >= 15 is 0 Å². The van der Waals surface area contributed by atoms with Crippen LogP contribution in [0, 0.1) is 19.3 Å². The molecule has 13 heteroatoms. The minimum Gasteiger partial charge on any atom is -0.444 e. The van der Waals surface area contributed by atoms with E-state index in [2.05, 4.69) is 96.0 Å². The Morgan fingerprint density at radius 1 is 0.695 bits per heavy atom. The van der Waals surface area contributed by atoms with Crippen molar-refractivity contribution in [2.75, 3.05) is 75.3 Å². The molecule has 2 saturated heterocycles. The zero-order valence-corrected chi connectivity index (χ0v) is 40.1. The number of aryl methyl sites for hydroxylation is 2. The summed E-state index contributed by atoms with van der Waals surface area (Å²) in [4.78, 5) is 48.9. The van der Waals surface area contributed by atoms with Gasteiger partial charge in [0, 0.05) is 88.7 Å². The second-order valence-corrected chi connectivity index (χ2v) is 19.2. The number of nitrogens with zero attached hydrogens (tertiary/aromatic N) is 4. The minimum absolute atomic E-state index is 0.197. The first-order valence-electron chi connectivity index (χ1n) is 21.1. The van der Waals surface area contributed by atoms with Crippen molar-refractivity contribution in [3.05, 3.63) is 58.7 Å². The number of hydrogen-bond donors (Lipinski definition) is 2. The van der Waals surface area contributed by atoms with Crippen LogP contribution in [0.15, 0.2) is 36.4 Å². The fourth-order valence-corrected chi connectivity index (χ4v) is 5.94. The summed E-state index contributed by atoms with van der Waals surface area (Å²) in [5.41, 5.74) is 12.7. The van der Waals surface area contributed by atoms with Gasteiger partial charge < -0.3 is 30.3 Å². The number of amides is 2. The number of rotatable bonds is 10. The van der Waals surface area contributed by atoms with Crippen molar-refractivity contribution in [2.24, 2.45) is 5.41 Å². The number of unbranched alkanes of at least 4 members (excludes halogenated alkanes) is 3. The van der Waals surface area contributed by atoms with E-state index in [1.807, 2.05) is 59.4 Å². The average Bonchev–Trinajstić information content (AvgIpc) is 3.13. The van der Waals surface area contributed by atoms with Gasteiger partial charge in [0.2, 0.25) is 0 Å². The van der Waals surface area contributed by atoms with Gasteiger partial charge in [0.15, 0.2) is 0 Å². The quantitative estimate of drug-likeness (QED) is 0.135. The molecular formula is C46H77BrN6O6. The van der Waals surface area contributed by atoms with Crippen LogP contribution in [0.5, 0.6) is 0 Å². The molecule has 0 bridgehead atoms. The molecule has 0 aromatic heterocycles. The molecular weight excluding hydrogens is 812 g/mol. The highest BCUT2D eigenvalue weighted by molar-refractivity contribution is 9.09. The third kappa shape index (κ3) is 24.3. The van der Waals surface area contributed by atoms with E-state index in [4.69, 9.17) is 24.8 Å². The van der Waals surface area contributed by atoms with E-state index < -0.39 is 11.2 Å². The maximum Gasteiger partial charge on any atom is 0.410 e. The molecule has 2 aliphatic heterocycles. The molecule has 4 rings (SSSR count). The predicted octanol–water partition coefficient (Wildman–Crippen LogP) is 9.51. The number of halogens is 1. The molecule has 2 aromatic carbocycles. The van der Waals surface area contributed by atoms with Gasteiger partial charge in [-0.15, -0.1) is 0 Å². The van der Waals surface area contributed by atoms with Crippen molar-refractivity contribution in [1.29, 1.82) is 0 Å². The molecule has 3 N–H and O–H groups in total. The van der Waals surface area contributed by atoms with Crippen molar-refractivity contribution in [2.45, 2.75) is 133 Å². The summed E-state index contributed by atoms with van der Waals surface area (Å²) in [6.07, 6.45) is 4.92. The largest absolute Gasteiger partial charge is 0.444 e. The molecule has 0 unspecified atom stereocenters. The van der Waals surface area contributed by atoms with Gasteiger partial charge in [-0.25, -0.2) is 9.59 Å². The Balaban J connectivity index is 0.000000498. The molecule has 0 aliphatic carbocycles. The average molecular weight is 890 g/mol. The number of nitrogen functional groups attached to an aromatic ring is 1. The molecule has 0 radical (unpaired) electrons. The summed E-state index contributed by atoms with van der Waals surface area (Å²) in [6, 6.07) is 12.9. The number of benzene rings is 2. The Labute approximate surface area is 365 Å². The Kier molecular flexibility index (Phi) is 24.0. The van der Waals surface area contributed by atoms with Gasteiger partial charge in [-0.05, 0) is 102 Å². The number of piperazine rings is 2. The zero-order valence-electron chi connectivity index (χ0n) is 38.5. The lowest BCUT2D eigenvalue weighted by atomic mass is 10.0. The number of alkyl halides is 1. The van der Waals surface area contributed by atoms with Crippen LogP contribution in [-0.4, -0.2) is 113 Å².